The number of nitrogens with zero attached hydrogens (tertiary/aromatic N) is 3. The Morgan fingerprint density at radius 1 is 1.38 bits per heavy atom. The summed E-state index contributed by atoms with van der Waals surface area (Å²) in [6, 6.07) is 6.23. The maximum absolute atomic E-state index is 13.5. The molecule has 0 aliphatic rings. The SMILES string of the molecule is Cc1nn(C)c(C)c1CC(=O)NCCNc1cccc(F)c1C#N. The normalized spacial score (nSPS) is 10.3. The van der Waals surface area contributed by atoms with Crippen molar-refractivity contribution in [2.75, 3.05) is 18.4 Å². The average Bonchev–Trinajstić information content (AvgIpc) is 2.78. The van der Waals surface area contributed by atoms with Gasteiger partial charge in [0.1, 0.15) is 17.4 Å². The Bertz CT molecular complexity index is 791. The van der Waals surface area contributed by atoms with Crippen LogP contribution in [0.25, 0.3) is 0 Å². The van der Waals surface area contributed by atoms with Crippen molar-refractivity contribution < 1.29 is 9.18 Å². The zero-order valence-electron chi connectivity index (χ0n) is 14.0. The van der Waals surface area contributed by atoms with Crippen LogP contribution in [-0.2, 0) is 18.3 Å². The second-order valence-corrected chi connectivity index (χ2v) is 5.50. The first-order chi connectivity index (χ1) is 11.4. The van der Waals surface area contributed by atoms with Crippen molar-refractivity contribution in [2.45, 2.75) is 20.3 Å². The number of aryl methyl sites for hydroxylation is 2. The lowest BCUT2D eigenvalue weighted by Gasteiger charge is -2.10. The Hall–Kier alpha value is -2.88. The topological polar surface area (TPSA) is 82.7 Å². The summed E-state index contributed by atoms with van der Waals surface area (Å²) in [7, 11) is 1.85. The third-order valence-electron chi connectivity index (χ3n) is 3.88. The lowest BCUT2D eigenvalue weighted by molar-refractivity contribution is -0.120. The van der Waals surface area contributed by atoms with E-state index in [-0.39, 0.29) is 17.9 Å². The standard InChI is InChI=1S/C17H20FN5O/c1-11-13(12(2)23(3)22-11)9-17(24)21-8-7-20-16-6-4-5-15(18)14(16)10-19/h4-6,20H,7-9H2,1-3H3,(H,21,24). The summed E-state index contributed by atoms with van der Waals surface area (Å²) >= 11 is 0. The van der Waals surface area contributed by atoms with Crippen molar-refractivity contribution in [1.29, 1.82) is 5.26 Å². The summed E-state index contributed by atoms with van der Waals surface area (Å²) in [6.07, 6.45) is 0.273. The molecule has 0 spiro atoms. The van der Waals surface area contributed by atoms with E-state index in [2.05, 4.69) is 15.7 Å². The van der Waals surface area contributed by atoms with Crippen LogP contribution >= 0.6 is 0 Å². The summed E-state index contributed by atoms with van der Waals surface area (Å²) in [5.74, 6) is -0.662. The number of rotatable bonds is 6. The van der Waals surface area contributed by atoms with Crippen LogP contribution in [0.5, 0.6) is 0 Å². The molecule has 0 unspecified atom stereocenters. The Labute approximate surface area is 140 Å². The van der Waals surface area contributed by atoms with Crippen molar-refractivity contribution in [2.24, 2.45) is 7.05 Å². The van der Waals surface area contributed by atoms with Crippen molar-refractivity contribution in [3.8, 4) is 6.07 Å². The molecule has 0 atom stereocenters. The van der Waals surface area contributed by atoms with E-state index in [0.717, 1.165) is 17.0 Å². The zero-order valence-corrected chi connectivity index (χ0v) is 14.0. The van der Waals surface area contributed by atoms with Crippen LogP contribution in [0.1, 0.15) is 22.5 Å². The summed E-state index contributed by atoms with van der Waals surface area (Å²) in [4.78, 5) is 12.0. The molecule has 2 rings (SSSR count). The van der Waals surface area contributed by atoms with Gasteiger partial charge < -0.3 is 10.6 Å². The van der Waals surface area contributed by atoms with E-state index >= 15 is 0 Å². The molecule has 7 heteroatoms. The number of carbonyl (C=O) groups is 1. The van der Waals surface area contributed by atoms with Crippen molar-refractivity contribution in [3.05, 3.63) is 46.5 Å². The Balaban J connectivity index is 1.84. The second-order valence-electron chi connectivity index (χ2n) is 5.50. The van der Waals surface area contributed by atoms with Gasteiger partial charge in [-0.25, -0.2) is 4.39 Å². The number of nitriles is 1. The molecule has 2 N–H and O–H groups in total. The van der Waals surface area contributed by atoms with Gasteiger partial charge in [0.25, 0.3) is 0 Å². The zero-order chi connectivity index (χ0) is 17.7. The van der Waals surface area contributed by atoms with Crippen LogP contribution in [0.4, 0.5) is 10.1 Å². The number of halogens is 1. The molecule has 0 bridgehead atoms. The minimum absolute atomic E-state index is 0.0227. The van der Waals surface area contributed by atoms with Crippen LogP contribution in [0.2, 0.25) is 0 Å². The van der Waals surface area contributed by atoms with Crippen LogP contribution in [0.15, 0.2) is 18.2 Å². The highest BCUT2D eigenvalue weighted by Crippen LogP contribution is 2.17. The number of aromatic nitrogens is 2. The summed E-state index contributed by atoms with van der Waals surface area (Å²) in [6.45, 7) is 4.58. The average molecular weight is 329 g/mol. The van der Waals surface area contributed by atoms with E-state index in [9.17, 15) is 9.18 Å². The summed E-state index contributed by atoms with van der Waals surface area (Å²) in [5.41, 5.74) is 3.15. The Kier molecular flexibility index (Phi) is 5.53. The maximum Gasteiger partial charge on any atom is 0.224 e. The van der Waals surface area contributed by atoms with Crippen molar-refractivity contribution >= 4 is 11.6 Å². The molecule has 0 aliphatic heterocycles. The van der Waals surface area contributed by atoms with E-state index in [0.29, 0.717) is 18.8 Å². The lowest BCUT2D eigenvalue weighted by atomic mass is 10.1. The van der Waals surface area contributed by atoms with Crippen LogP contribution in [0, 0.1) is 31.0 Å². The minimum atomic E-state index is -0.561. The molecule has 0 aliphatic carbocycles. The van der Waals surface area contributed by atoms with Crippen molar-refractivity contribution in [1.82, 2.24) is 15.1 Å². The first-order valence-electron chi connectivity index (χ1n) is 7.62. The molecule has 1 aromatic heterocycles. The van der Waals surface area contributed by atoms with Gasteiger partial charge in [-0.15, -0.1) is 0 Å². The molecule has 0 saturated carbocycles. The quantitative estimate of drug-likeness (QED) is 0.792. The fourth-order valence-corrected chi connectivity index (χ4v) is 2.48. The predicted octanol–water partition coefficient (Wildman–Crippen LogP) is 1.82. The molecular weight excluding hydrogens is 309 g/mol. The summed E-state index contributed by atoms with van der Waals surface area (Å²) < 4.78 is 15.2. The van der Waals surface area contributed by atoms with Crippen LogP contribution in [0.3, 0.4) is 0 Å². The molecule has 24 heavy (non-hydrogen) atoms. The van der Waals surface area contributed by atoms with Crippen LogP contribution in [-0.4, -0.2) is 28.8 Å². The van der Waals surface area contributed by atoms with Gasteiger partial charge in [-0.3, -0.25) is 9.48 Å². The van der Waals surface area contributed by atoms with Crippen LogP contribution < -0.4 is 10.6 Å². The molecule has 126 valence electrons. The molecule has 2 aromatic rings. The van der Waals surface area contributed by atoms with Gasteiger partial charge in [-0.1, -0.05) is 6.07 Å². The molecular formula is C17H20FN5O. The minimum Gasteiger partial charge on any atom is -0.382 e. The van der Waals surface area contributed by atoms with Gasteiger partial charge in [-0.2, -0.15) is 10.4 Å². The predicted molar refractivity (Wildman–Crippen MR) is 89.0 cm³/mol. The number of carbonyl (C=O) groups excluding carboxylic acids is 1. The van der Waals surface area contributed by atoms with Gasteiger partial charge in [0.15, 0.2) is 0 Å². The smallest absolute Gasteiger partial charge is 0.224 e. The molecule has 1 aromatic carbocycles. The monoisotopic (exact) mass is 329 g/mol. The second kappa shape index (κ2) is 7.59. The van der Waals surface area contributed by atoms with Gasteiger partial charge in [0, 0.05) is 31.4 Å². The number of hydrogen-bond donors (Lipinski definition) is 2. The van der Waals surface area contributed by atoms with E-state index in [4.69, 9.17) is 5.26 Å². The lowest BCUT2D eigenvalue weighted by Crippen LogP contribution is -2.30. The van der Waals surface area contributed by atoms with Gasteiger partial charge in [-0.05, 0) is 26.0 Å². The molecule has 1 amide bonds. The molecule has 6 nitrogen and oxygen atoms in total. The highest BCUT2D eigenvalue weighted by molar-refractivity contribution is 5.79. The molecule has 0 radical (unpaired) electrons. The van der Waals surface area contributed by atoms with Gasteiger partial charge in [0.05, 0.1) is 17.8 Å². The first-order valence-corrected chi connectivity index (χ1v) is 7.62. The summed E-state index contributed by atoms with van der Waals surface area (Å²) in [5, 5.41) is 19.0. The molecule has 1 heterocycles. The fraction of sp³-hybridized carbons (Fsp3) is 0.353. The third-order valence-corrected chi connectivity index (χ3v) is 3.88. The number of nitrogens with one attached hydrogen (secondary N) is 2. The van der Waals surface area contributed by atoms with Crippen molar-refractivity contribution in [3.63, 3.8) is 0 Å². The first kappa shape index (κ1) is 17.5. The number of anilines is 1. The largest absolute Gasteiger partial charge is 0.382 e. The maximum atomic E-state index is 13.5. The van der Waals surface area contributed by atoms with E-state index in [1.807, 2.05) is 27.0 Å². The van der Waals surface area contributed by atoms with E-state index in [1.165, 1.54) is 12.1 Å². The highest BCUT2D eigenvalue weighted by atomic mass is 19.1. The Morgan fingerprint density at radius 2 is 2.12 bits per heavy atom. The van der Waals surface area contributed by atoms with Gasteiger partial charge in [0.2, 0.25) is 5.91 Å². The highest BCUT2D eigenvalue weighted by Gasteiger charge is 2.13. The number of amides is 1. The molecule has 0 fully saturated rings. The number of hydrogen-bond acceptors (Lipinski definition) is 4. The third kappa shape index (κ3) is 3.90. The molecule has 0 saturated heterocycles. The van der Waals surface area contributed by atoms with Gasteiger partial charge >= 0.3 is 0 Å². The fourth-order valence-electron chi connectivity index (χ4n) is 2.48. The Morgan fingerprint density at radius 3 is 2.75 bits per heavy atom. The van der Waals surface area contributed by atoms with E-state index in [1.54, 1.807) is 10.7 Å². The van der Waals surface area contributed by atoms with E-state index < -0.39 is 5.82 Å². The number of benzene rings is 1.